The van der Waals surface area contributed by atoms with Crippen LogP contribution in [0.4, 0.5) is 14.9 Å². The van der Waals surface area contributed by atoms with Gasteiger partial charge in [-0.15, -0.1) is 0 Å². The number of amides is 3. The minimum atomic E-state index is -0.512. The number of para-hydroxylation sites is 1. The molecule has 2 N–H and O–H groups in total. The van der Waals surface area contributed by atoms with Crippen molar-refractivity contribution in [2.75, 3.05) is 18.9 Å². The monoisotopic (exact) mass is 317 g/mol. The number of carbonyl (C=O) groups is 2. The topological polar surface area (TPSA) is 79.3 Å². The first-order valence-corrected chi connectivity index (χ1v) is 7.16. The molecule has 120 valence electrons. The molecule has 2 aromatic rings. The molecular weight excluding hydrogens is 301 g/mol. The fourth-order valence-electron chi connectivity index (χ4n) is 2.44. The number of urea groups is 1. The van der Waals surface area contributed by atoms with E-state index >= 15 is 0 Å². The summed E-state index contributed by atoms with van der Waals surface area (Å²) in [6.45, 7) is 0.620. The van der Waals surface area contributed by atoms with Gasteiger partial charge in [0.2, 0.25) is 5.91 Å². The van der Waals surface area contributed by atoms with Gasteiger partial charge in [-0.25, -0.2) is 13.9 Å². The Labute approximate surface area is 132 Å². The SMILES string of the molecule is CN1CCC(NC(=O)Nc2cnn(-c3ccccc3F)c2)C1=O. The van der Waals surface area contributed by atoms with Crippen LogP contribution >= 0.6 is 0 Å². The Balaban J connectivity index is 1.64. The molecule has 3 amide bonds. The molecule has 1 aliphatic rings. The highest BCUT2D eigenvalue weighted by Gasteiger charge is 2.30. The maximum absolute atomic E-state index is 13.7. The molecule has 1 aliphatic heterocycles. The summed E-state index contributed by atoms with van der Waals surface area (Å²) in [5.41, 5.74) is 0.693. The first-order valence-electron chi connectivity index (χ1n) is 7.16. The number of rotatable bonds is 3. The molecule has 1 saturated heterocycles. The lowest BCUT2D eigenvalue weighted by molar-refractivity contribution is -0.128. The van der Waals surface area contributed by atoms with Crippen LogP contribution in [0.3, 0.4) is 0 Å². The van der Waals surface area contributed by atoms with E-state index in [1.165, 1.54) is 23.1 Å². The number of halogens is 1. The van der Waals surface area contributed by atoms with Crippen molar-refractivity contribution in [3.63, 3.8) is 0 Å². The fourth-order valence-corrected chi connectivity index (χ4v) is 2.44. The zero-order chi connectivity index (χ0) is 16.4. The lowest BCUT2D eigenvalue weighted by atomic mass is 10.2. The molecule has 3 rings (SSSR count). The molecule has 0 aliphatic carbocycles. The number of likely N-dealkylation sites (N-methyl/N-ethyl adjacent to an activating group) is 1. The largest absolute Gasteiger partial charge is 0.344 e. The van der Waals surface area contributed by atoms with Gasteiger partial charge in [-0.2, -0.15) is 5.10 Å². The van der Waals surface area contributed by atoms with E-state index in [0.29, 0.717) is 18.7 Å². The highest BCUT2D eigenvalue weighted by atomic mass is 19.1. The quantitative estimate of drug-likeness (QED) is 0.897. The summed E-state index contributed by atoms with van der Waals surface area (Å²) in [4.78, 5) is 25.2. The minimum absolute atomic E-state index is 0.109. The first kappa shape index (κ1) is 15.0. The van der Waals surface area contributed by atoms with E-state index in [1.54, 1.807) is 30.1 Å². The van der Waals surface area contributed by atoms with E-state index in [0.717, 1.165) is 0 Å². The van der Waals surface area contributed by atoms with Gasteiger partial charge >= 0.3 is 6.03 Å². The molecule has 23 heavy (non-hydrogen) atoms. The number of benzene rings is 1. The molecular formula is C15H16FN5O2. The van der Waals surface area contributed by atoms with Gasteiger partial charge in [0.05, 0.1) is 18.1 Å². The van der Waals surface area contributed by atoms with Crippen LogP contribution in [0.2, 0.25) is 0 Å². The van der Waals surface area contributed by atoms with Gasteiger partial charge in [-0.1, -0.05) is 12.1 Å². The van der Waals surface area contributed by atoms with Crippen LogP contribution < -0.4 is 10.6 Å². The fraction of sp³-hybridized carbons (Fsp3) is 0.267. The lowest BCUT2D eigenvalue weighted by Gasteiger charge is -2.12. The van der Waals surface area contributed by atoms with Crippen molar-refractivity contribution in [3.8, 4) is 5.69 Å². The Hall–Kier alpha value is -2.90. The summed E-state index contributed by atoms with van der Waals surface area (Å²) in [5, 5.41) is 9.22. The summed E-state index contributed by atoms with van der Waals surface area (Å²) < 4.78 is 15.0. The van der Waals surface area contributed by atoms with Crippen molar-refractivity contribution < 1.29 is 14.0 Å². The minimum Gasteiger partial charge on any atom is -0.344 e. The second-order valence-corrected chi connectivity index (χ2v) is 5.32. The summed E-state index contributed by atoms with van der Waals surface area (Å²) in [7, 11) is 1.69. The third-order valence-corrected chi connectivity index (χ3v) is 3.67. The van der Waals surface area contributed by atoms with Gasteiger partial charge in [0.1, 0.15) is 17.5 Å². The Morgan fingerprint density at radius 2 is 2.17 bits per heavy atom. The van der Waals surface area contributed by atoms with Gasteiger partial charge < -0.3 is 15.5 Å². The highest BCUT2D eigenvalue weighted by Crippen LogP contribution is 2.15. The molecule has 1 aromatic heterocycles. The summed E-state index contributed by atoms with van der Waals surface area (Å²) in [6, 6.07) is 5.19. The maximum Gasteiger partial charge on any atom is 0.319 e. The molecule has 2 heterocycles. The van der Waals surface area contributed by atoms with Gasteiger partial charge in [0.15, 0.2) is 0 Å². The second kappa shape index (κ2) is 6.07. The number of hydrogen-bond donors (Lipinski definition) is 2. The van der Waals surface area contributed by atoms with E-state index in [4.69, 9.17) is 0 Å². The molecule has 1 aromatic carbocycles. The average molecular weight is 317 g/mol. The molecule has 7 nitrogen and oxygen atoms in total. The van der Waals surface area contributed by atoms with Gasteiger partial charge in [0, 0.05) is 13.6 Å². The van der Waals surface area contributed by atoms with E-state index in [2.05, 4.69) is 15.7 Å². The number of nitrogens with zero attached hydrogens (tertiary/aromatic N) is 3. The predicted octanol–water partition coefficient (Wildman–Crippen LogP) is 1.36. The zero-order valence-corrected chi connectivity index (χ0v) is 12.5. The summed E-state index contributed by atoms with van der Waals surface area (Å²) >= 11 is 0. The third kappa shape index (κ3) is 3.15. The maximum atomic E-state index is 13.7. The van der Waals surface area contributed by atoms with Crippen molar-refractivity contribution in [2.45, 2.75) is 12.5 Å². The zero-order valence-electron chi connectivity index (χ0n) is 12.5. The standard InChI is InChI=1S/C15H16FN5O2/c1-20-7-6-12(14(20)22)19-15(23)18-10-8-17-21(9-10)13-5-3-2-4-11(13)16/h2-5,8-9,12H,6-7H2,1H3,(H2,18,19,23). The van der Waals surface area contributed by atoms with Gasteiger partial charge in [-0.05, 0) is 18.6 Å². The smallest absolute Gasteiger partial charge is 0.319 e. The molecule has 0 radical (unpaired) electrons. The molecule has 1 atom stereocenters. The van der Waals surface area contributed by atoms with Crippen molar-refractivity contribution in [1.29, 1.82) is 0 Å². The van der Waals surface area contributed by atoms with E-state index in [-0.39, 0.29) is 11.6 Å². The average Bonchev–Trinajstić information content (AvgIpc) is 3.10. The van der Waals surface area contributed by atoms with Crippen molar-refractivity contribution >= 4 is 17.6 Å². The van der Waals surface area contributed by atoms with Crippen molar-refractivity contribution in [2.24, 2.45) is 0 Å². The Morgan fingerprint density at radius 1 is 1.39 bits per heavy atom. The number of carbonyl (C=O) groups excluding carboxylic acids is 2. The van der Waals surface area contributed by atoms with Crippen LogP contribution in [-0.2, 0) is 4.79 Å². The number of anilines is 1. The molecule has 1 unspecified atom stereocenters. The second-order valence-electron chi connectivity index (χ2n) is 5.32. The number of likely N-dealkylation sites (tertiary alicyclic amines) is 1. The van der Waals surface area contributed by atoms with Crippen molar-refractivity contribution in [1.82, 2.24) is 20.0 Å². The van der Waals surface area contributed by atoms with Crippen LogP contribution in [0.25, 0.3) is 5.69 Å². The molecule has 0 spiro atoms. The summed E-state index contributed by atoms with van der Waals surface area (Å²) in [5.74, 6) is -0.520. The number of nitrogens with one attached hydrogen (secondary N) is 2. The van der Waals surface area contributed by atoms with Crippen LogP contribution in [0.5, 0.6) is 0 Å². The van der Waals surface area contributed by atoms with Gasteiger partial charge in [-0.3, -0.25) is 4.79 Å². The van der Waals surface area contributed by atoms with Crippen LogP contribution in [0, 0.1) is 5.82 Å². The summed E-state index contributed by atoms with van der Waals surface area (Å²) in [6.07, 6.45) is 3.49. The number of hydrogen-bond acceptors (Lipinski definition) is 3. The lowest BCUT2D eigenvalue weighted by Crippen LogP contribution is -2.42. The normalized spacial score (nSPS) is 17.4. The van der Waals surface area contributed by atoms with E-state index in [1.807, 2.05) is 0 Å². The van der Waals surface area contributed by atoms with Gasteiger partial charge in [0.25, 0.3) is 0 Å². The van der Waals surface area contributed by atoms with E-state index in [9.17, 15) is 14.0 Å². The Morgan fingerprint density at radius 3 is 2.87 bits per heavy atom. The number of aromatic nitrogens is 2. The predicted molar refractivity (Wildman–Crippen MR) is 81.7 cm³/mol. The Kier molecular flexibility index (Phi) is 3.96. The molecule has 1 fully saturated rings. The van der Waals surface area contributed by atoms with E-state index < -0.39 is 17.9 Å². The van der Waals surface area contributed by atoms with Crippen LogP contribution in [0.1, 0.15) is 6.42 Å². The third-order valence-electron chi connectivity index (χ3n) is 3.67. The molecule has 0 saturated carbocycles. The van der Waals surface area contributed by atoms with Crippen LogP contribution in [-0.4, -0.2) is 46.3 Å². The highest BCUT2D eigenvalue weighted by molar-refractivity contribution is 5.94. The first-order chi connectivity index (χ1) is 11.0. The van der Waals surface area contributed by atoms with Crippen molar-refractivity contribution in [3.05, 3.63) is 42.5 Å². The Bertz CT molecular complexity index is 745. The van der Waals surface area contributed by atoms with Crippen LogP contribution in [0.15, 0.2) is 36.7 Å². The molecule has 0 bridgehead atoms. The molecule has 8 heteroatoms.